The van der Waals surface area contributed by atoms with Gasteiger partial charge in [0.25, 0.3) is 0 Å². The van der Waals surface area contributed by atoms with Gasteiger partial charge in [-0.1, -0.05) is 0 Å². The van der Waals surface area contributed by atoms with E-state index in [1.54, 1.807) is 16.2 Å². The number of nitrogens with one attached hydrogen (secondary N) is 1. The summed E-state index contributed by atoms with van der Waals surface area (Å²) in [5.74, 6) is 0. The lowest BCUT2D eigenvalue weighted by Gasteiger charge is -2.29. The van der Waals surface area contributed by atoms with E-state index in [2.05, 4.69) is 26.1 Å². The van der Waals surface area contributed by atoms with Crippen molar-refractivity contribution in [2.45, 2.75) is 72.2 Å². The molecule has 124 valence electrons. The van der Waals surface area contributed by atoms with E-state index >= 15 is 0 Å². The third-order valence-electron chi connectivity index (χ3n) is 3.20. The second kappa shape index (κ2) is 6.16. The molecule has 2 heterocycles. The lowest BCUT2D eigenvalue weighted by Crippen LogP contribution is -2.39. The van der Waals surface area contributed by atoms with Crippen LogP contribution in [0.15, 0.2) is 0 Å². The van der Waals surface area contributed by atoms with E-state index in [0.717, 1.165) is 23.7 Å². The van der Waals surface area contributed by atoms with Crippen LogP contribution in [0.25, 0.3) is 0 Å². The van der Waals surface area contributed by atoms with Crippen LogP contribution in [0.3, 0.4) is 0 Å². The van der Waals surface area contributed by atoms with Crippen LogP contribution in [0.4, 0.5) is 4.79 Å². The van der Waals surface area contributed by atoms with Gasteiger partial charge >= 0.3 is 6.09 Å². The Bertz CT molecular complexity index is 541. The van der Waals surface area contributed by atoms with Crippen molar-refractivity contribution >= 4 is 17.4 Å². The van der Waals surface area contributed by atoms with Gasteiger partial charge in [0.05, 0.1) is 12.2 Å². The first kappa shape index (κ1) is 17.2. The summed E-state index contributed by atoms with van der Waals surface area (Å²) in [5.41, 5.74) is 0.761. The molecule has 1 aromatic heterocycles. The predicted molar refractivity (Wildman–Crippen MR) is 89.1 cm³/mol. The minimum atomic E-state index is -0.452. The van der Waals surface area contributed by atoms with Gasteiger partial charge < -0.3 is 15.0 Å². The van der Waals surface area contributed by atoms with E-state index in [1.807, 2.05) is 20.8 Å². The van der Waals surface area contributed by atoms with Crippen molar-refractivity contribution in [2.24, 2.45) is 0 Å². The number of rotatable bonds is 2. The molecule has 0 saturated carbocycles. The van der Waals surface area contributed by atoms with Crippen molar-refractivity contribution in [1.82, 2.24) is 15.2 Å². The number of hydrogen-bond donors (Lipinski definition) is 1. The Morgan fingerprint density at radius 2 is 2.00 bits per heavy atom. The molecule has 5 nitrogen and oxygen atoms in total. The van der Waals surface area contributed by atoms with E-state index < -0.39 is 5.60 Å². The molecule has 0 spiro atoms. The molecule has 0 aliphatic carbocycles. The molecule has 6 heteroatoms. The van der Waals surface area contributed by atoms with Crippen LogP contribution in [0.1, 0.15) is 57.1 Å². The Morgan fingerprint density at radius 1 is 1.32 bits per heavy atom. The topological polar surface area (TPSA) is 54.5 Å². The highest BCUT2D eigenvalue weighted by molar-refractivity contribution is 7.11. The highest BCUT2D eigenvalue weighted by Crippen LogP contribution is 2.26. The summed E-state index contributed by atoms with van der Waals surface area (Å²) < 4.78 is 5.45. The van der Waals surface area contributed by atoms with Crippen molar-refractivity contribution in [3.8, 4) is 0 Å². The number of amides is 1. The Balaban J connectivity index is 1.99. The largest absolute Gasteiger partial charge is 0.444 e. The SMILES string of the molecule is CC(C)(C)NCc1nc2c(s1)CN(C(=O)OC(C)(C)C)CC2. The number of hydrogen-bond acceptors (Lipinski definition) is 5. The summed E-state index contributed by atoms with van der Waals surface area (Å²) in [5, 5.41) is 4.54. The van der Waals surface area contributed by atoms with Crippen LogP contribution >= 0.6 is 11.3 Å². The number of aromatic nitrogens is 1. The molecule has 0 saturated heterocycles. The smallest absolute Gasteiger partial charge is 0.410 e. The molecule has 0 bridgehead atoms. The lowest BCUT2D eigenvalue weighted by molar-refractivity contribution is 0.0225. The molecular weight excluding hydrogens is 298 g/mol. The molecule has 1 aliphatic rings. The molecule has 0 radical (unpaired) electrons. The summed E-state index contributed by atoms with van der Waals surface area (Å²) in [7, 11) is 0. The fraction of sp³-hybridized carbons (Fsp3) is 0.750. The quantitative estimate of drug-likeness (QED) is 0.906. The Labute approximate surface area is 137 Å². The number of fused-ring (bicyclic) bond motifs is 1. The first-order valence-corrected chi connectivity index (χ1v) is 8.55. The van der Waals surface area contributed by atoms with Crippen molar-refractivity contribution in [1.29, 1.82) is 0 Å². The first-order valence-electron chi connectivity index (χ1n) is 7.74. The summed E-state index contributed by atoms with van der Waals surface area (Å²) in [6.07, 6.45) is 0.571. The predicted octanol–water partition coefficient (Wildman–Crippen LogP) is 3.32. The zero-order valence-corrected chi connectivity index (χ0v) is 15.3. The maximum absolute atomic E-state index is 12.2. The van der Waals surface area contributed by atoms with Crippen LogP contribution in [0.2, 0.25) is 0 Å². The number of thiazole rings is 1. The molecule has 1 aromatic rings. The van der Waals surface area contributed by atoms with E-state index in [0.29, 0.717) is 13.1 Å². The van der Waals surface area contributed by atoms with Gasteiger partial charge in [-0.05, 0) is 41.5 Å². The van der Waals surface area contributed by atoms with Gasteiger partial charge in [0.2, 0.25) is 0 Å². The molecule has 1 aliphatic heterocycles. The van der Waals surface area contributed by atoms with Crippen molar-refractivity contribution < 1.29 is 9.53 Å². The highest BCUT2D eigenvalue weighted by atomic mass is 32.1. The van der Waals surface area contributed by atoms with E-state index in [9.17, 15) is 4.79 Å². The first-order chi connectivity index (χ1) is 10.0. The fourth-order valence-electron chi connectivity index (χ4n) is 2.15. The third-order valence-corrected chi connectivity index (χ3v) is 4.28. The molecule has 0 atom stereocenters. The van der Waals surface area contributed by atoms with Crippen LogP contribution < -0.4 is 5.32 Å². The number of carbonyl (C=O) groups is 1. The molecule has 0 fully saturated rings. The Hall–Kier alpha value is -1.14. The standard InChI is InChI=1S/C16H27N3O2S/c1-15(2,3)17-9-13-18-11-7-8-19(10-12(11)22-13)14(20)21-16(4,5)6/h17H,7-10H2,1-6H3. The minimum absolute atomic E-state index is 0.0781. The van der Waals surface area contributed by atoms with Crippen LogP contribution in [-0.2, 0) is 24.2 Å². The van der Waals surface area contributed by atoms with Gasteiger partial charge in [-0.15, -0.1) is 11.3 Å². The molecule has 0 unspecified atom stereocenters. The van der Waals surface area contributed by atoms with Crippen molar-refractivity contribution in [3.63, 3.8) is 0 Å². The number of ether oxygens (including phenoxy) is 1. The van der Waals surface area contributed by atoms with Crippen LogP contribution in [-0.4, -0.2) is 33.7 Å². The zero-order chi connectivity index (χ0) is 16.5. The second-order valence-electron chi connectivity index (χ2n) is 7.73. The Morgan fingerprint density at radius 3 is 2.59 bits per heavy atom. The molecule has 1 N–H and O–H groups in total. The van der Waals surface area contributed by atoms with Crippen molar-refractivity contribution in [3.05, 3.63) is 15.6 Å². The van der Waals surface area contributed by atoms with Crippen LogP contribution in [0, 0.1) is 0 Å². The van der Waals surface area contributed by atoms with Gasteiger partial charge in [-0.3, -0.25) is 0 Å². The van der Waals surface area contributed by atoms with Crippen LogP contribution in [0.5, 0.6) is 0 Å². The summed E-state index contributed by atoms with van der Waals surface area (Å²) in [4.78, 5) is 19.8. The summed E-state index contributed by atoms with van der Waals surface area (Å²) >= 11 is 1.69. The monoisotopic (exact) mass is 325 g/mol. The molecule has 1 amide bonds. The number of nitrogens with zero attached hydrogens (tertiary/aromatic N) is 2. The summed E-state index contributed by atoms with van der Waals surface area (Å²) in [6, 6.07) is 0. The van der Waals surface area contributed by atoms with E-state index in [1.165, 1.54) is 4.88 Å². The average molecular weight is 325 g/mol. The molecule has 0 aromatic carbocycles. The van der Waals surface area contributed by atoms with Gasteiger partial charge in [0.1, 0.15) is 10.6 Å². The highest BCUT2D eigenvalue weighted by Gasteiger charge is 2.27. The maximum Gasteiger partial charge on any atom is 0.410 e. The van der Waals surface area contributed by atoms with Gasteiger partial charge in [-0.2, -0.15) is 0 Å². The molecule has 22 heavy (non-hydrogen) atoms. The normalized spacial score (nSPS) is 15.6. The number of carbonyl (C=O) groups excluding carboxylic acids is 1. The zero-order valence-electron chi connectivity index (χ0n) is 14.4. The maximum atomic E-state index is 12.2. The average Bonchev–Trinajstić information content (AvgIpc) is 2.75. The van der Waals surface area contributed by atoms with E-state index in [4.69, 9.17) is 9.72 Å². The lowest BCUT2D eigenvalue weighted by atomic mass is 10.1. The second-order valence-corrected chi connectivity index (χ2v) is 8.90. The minimum Gasteiger partial charge on any atom is -0.444 e. The molecule has 2 rings (SSSR count). The van der Waals surface area contributed by atoms with Gasteiger partial charge in [0, 0.05) is 29.9 Å². The summed E-state index contributed by atoms with van der Waals surface area (Å²) in [6.45, 7) is 14.2. The van der Waals surface area contributed by atoms with E-state index in [-0.39, 0.29) is 11.6 Å². The fourth-order valence-corrected chi connectivity index (χ4v) is 3.22. The Kier molecular flexibility index (Phi) is 4.82. The van der Waals surface area contributed by atoms with Gasteiger partial charge in [0.15, 0.2) is 0 Å². The third kappa shape index (κ3) is 4.95. The molecular formula is C16H27N3O2S. The van der Waals surface area contributed by atoms with Crippen molar-refractivity contribution in [2.75, 3.05) is 6.54 Å². The van der Waals surface area contributed by atoms with Gasteiger partial charge in [-0.25, -0.2) is 9.78 Å².